The molecule has 3 rings (SSSR count). The highest BCUT2D eigenvalue weighted by atomic mass is 19.4. The van der Waals surface area contributed by atoms with Crippen molar-refractivity contribution in [2.24, 2.45) is 28.8 Å². The van der Waals surface area contributed by atoms with E-state index in [2.05, 4.69) is 5.16 Å². The van der Waals surface area contributed by atoms with Crippen molar-refractivity contribution in [1.82, 2.24) is 4.90 Å². The molecule has 0 aromatic heterocycles. The summed E-state index contributed by atoms with van der Waals surface area (Å²) in [6.45, 7) is 18.1. The summed E-state index contributed by atoms with van der Waals surface area (Å²) in [6.07, 6.45) is -14.0. The van der Waals surface area contributed by atoms with E-state index in [9.17, 15) is 38.4 Å². The molecule has 3 heterocycles. The number of cyclic esters (lactones) is 1. The first kappa shape index (κ1) is 64.7. The third kappa shape index (κ3) is 18.4. The van der Waals surface area contributed by atoms with Gasteiger partial charge in [-0.1, -0.05) is 32.9 Å². The van der Waals surface area contributed by atoms with Gasteiger partial charge in [0.1, 0.15) is 30.7 Å². The molecule has 3 saturated heterocycles. The minimum atomic E-state index is -5.08. The number of esters is 1. The van der Waals surface area contributed by atoms with Crippen molar-refractivity contribution in [3.05, 3.63) is 0 Å². The Hall–Kier alpha value is -2.40. The maximum absolute atomic E-state index is 14.5. The van der Waals surface area contributed by atoms with Gasteiger partial charge < -0.3 is 87.4 Å². The number of methoxy groups -OCH3 is 3. The highest BCUT2D eigenvalue weighted by Crippen LogP contribution is 2.41. The monoisotopic (exact) mass is 1040 g/mol. The molecule has 3 aliphatic heterocycles. The van der Waals surface area contributed by atoms with Crippen LogP contribution >= 0.6 is 0 Å². The molecule has 0 spiro atoms. The first-order valence-electron chi connectivity index (χ1n) is 24.0. The van der Waals surface area contributed by atoms with Crippen LogP contribution in [0.1, 0.15) is 94.9 Å². The van der Waals surface area contributed by atoms with Crippen LogP contribution in [-0.2, 0) is 66.5 Å². The fourth-order valence-corrected chi connectivity index (χ4v) is 9.43. The molecule has 71 heavy (non-hydrogen) atoms. The van der Waals surface area contributed by atoms with Crippen LogP contribution in [0.4, 0.5) is 13.2 Å². The molecule has 0 aliphatic carbocycles. The topological polar surface area (TPSA) is 262 Å². The van der Waals surface area contributed by atoms with Crippen molar-refractivity contribution in [2.75, 3.05) is 75.4 Å². The van der Waals surface area contributed by atoms with Crippen LogP contribution in [0.2, 0.25) is 0 Å². The molecular formula is C47H85F3N2O19. The fourth-order valence-electron chi connectivity index (χ4n) is 9.43. The Labute approximate surface area is 416 Å². The summed E-state index contributed by atoms with van der Waals surface area (Å²) >= 11 is 0. The van der Waals surface area contributed by atoms with Gasteiger partial charge in [-0.3, -0.25) is 4.79 Å². The van der Waals surface area contributed by atoms with Gasteiger partial charge in [-0.25, -0.2) is 4.79 Å². The Morgan fingerprint density at radius 3 is 1.94 bits per heavy atom. The van der Waals surface area contributed by atoms with Crippen molar-refractivity contribution in [3.8, 4) is 0 Å². The Balaban J connectivity index is 0.00000229. The number of rotatable bonds is 19. The zero-order valence-electron chi connectivity index (χ0n) is 44.2. The van der Waals surface area contributed by atoms with Gasteiger partial charge in [-0.2, -0.15) is 13.2 Å². The number of hydrogen-bond acceptors (Lipinski definition) is 20. The lowest BCUT2D eigenvalue weighted by Crippen LogP contribution is -2.61. The Bertz CT molecular complexity index is 1610. The number of carbonyl (C=O) groups excluding carboxylic acids is 1. The van der Waals surface area contributed by atoms with E-state index in [1.54, 1.807) is 55.8 Å². The highest BCUT2D eigenvalue weighted by Gasteiger charge is 2.54. The van der Waals surface area contributed by atoms with Crippen molar-refractivity contribution >= 4 is 17.7 Å². The van der Waals surface area contributed by atoms with E-state index in [1.807, 2.05) is 39.8 Å². The van der Waals surface area contributed by atoms with Gasteiger partial charge in [0.25, 0.3) is 0 Å². The summed E-state index contributed by atoms with van der Waals surface area (Å²) in [4.78, 5) is 31.1. The lowest BCUT2D eigenvalue weighted by Gasteiger charge is -2.49. The number of halogens is 3. The molecular weight excluding hydrogens is 954 g/mol. The van der Waals surface area contributed by atoms with E-state index in [0.717, 1.165) is 0 Å². The first-order valence-corrected chi connectivity index (χ1v) is 24.0. The molecule has 3 fully saturated rings. The number of alkyl halides is 3. The van der Waals surface area contributed by atoms with Crippen LogP contribution in [0, 0.1) is 23.7 Å². The Kier molecular flexibility index (Phi) is 26.5. The number of aliphatic hydroxyl groups excluding tert-OH is 2. The lowest BCUT2D eigenvalue weighted by molar-refractivity contribution is -0.325. The third-order valence-electron chi connectivity index (χ3n) is 13.6. The van der Waals surface area contributed by atoms with E-state index in [-0.39, 0.29) is 51.6 Å². The minimum absolute atomic E-state index is 0.0212. The molecule has 0 bridgehead atoms. The summed E-state index contributed by atoms with van der Waals surface area (Å²) < 4.78 is 98.1. The van der Waals surface area contributed by atoms with Gasteiger partial charge in [-0.05, 0) is 74.9 Å². The number of hydrogen-bond donors (Lipinski definition) is 5. The smallest absolute Gasteiger partial charge is 0.475 e. The van der Waals surface area contributed by atoms with Gasteiger partial charge in [0.15, 0.2) is 12.6 Å². The number of nitrogens with zero attached hydrogens (tertiary/aromatic N) is 2. The average molecular weight is 1040 g/mol. The van der Waals surface area contributed by atoms with E-state index >= 15 is 0 Å². The third-order valence-corrected chi connectivity index (χ3v) is 13.6. The van der Waals surface area contributed by atoms with Crippen molar-refractivity contribution < 1.29 is 105 Å². The second-order valence-corrected chi connectivity index (χ2v) is 19.7. The van der Waals surface area contributed by atoms with Gasteiger partial charge in [-0.15, -0.1) is 0 Å². The van der Waals surface area contributed by atoms with Crippen LogP contribution in [0.3, 0.4) is 0 Å². The van der Waals surface area contributed by atoms with Crippen LogP contribution in [0.25, 0.3) is 0 Å². The number of aliphatic hydroxyl groups is 4. The zero-order chi connectivity index (χ0) is 54.2. The molecule has 0 unspecified atom stereocenters. The van der Waals surface area contributed by atoms with Crippen LogP contribution in [0.15, 0.2) is 5.16 Å². The number of oxime groups is 1. The van der Waals surface area contributed by atoms with Gasteiger partial charge in [0, 0.05) is 51.5 Å². The molecule has 0 radical (unpaired) electrons. The van der Waals surface area contributed by atoms with E-state index in [0.29, 0.717) is 32.0 Å². The average Bonchev–Trinajstić information content (AvgIpc) is 3.29. The second kappa shape index (κ2) is 29.0. The number of likely N-dealkylation sites (N-methyl/N-ethyl adjacent to an activating group) is 1. The predicted octanol–water partition coefficient (Wildman–Crippen LogP) is 3.49. The summed E-state index contributed by atoms with van der Waals surface area (Å²) in [6, 6.07) is -0.197. The van der Waals surface area contributed by atoms with Crippen LogP contribution < -0.4 is 0 Å². The highest BCUT2D eigenvalue weighted by molar-refractivity contribution is 5.88. The standard InChI is InChI=1S/C45H84N2O17.C2HF3O2/c1-16-33-45(10,52)38(48)28(4)35(46-59-25-57-20-18-54-14)26(2)22-43(8,51)40(64-42-37(58-24-56-19-17-53-13)32(47(11)12)21-27(3)60-42)29(5)36(30(6)41(50)62-33)63-34-23-44(9,55-15)39(49)31(7)61-34;3-2(4,5)1(6)7/h26-34,36-40,42,48-49,51-52H,16-25H2,1-15H3;(H,6,7)/b46-35+;/t26-,27-,28+,29+,30-,31+,32+,33-,34+,36+,37-,38-,39+,40-,42+,43-,44-,45-;/m1./s1. The Morgan fingerprint density at radius 2 is 1.42 bits per heavy atom. The predicted molar refractivity (Wildman–Crippen MR) is 248 cm³/mol. The molecule has 0 aromatic rings. The first-order chi connectivity index (χ1) is 32.9. The molecule has 24 heteroatoms. The maximum Gasteiger partial charge on any atom is 0.490 e. The fraction of sp³-hybridized carbons (Fsp3) is 0.936. The molecule has 18 atom stereocenters. The molecule has 0 saturated carbocycles. The molecule has 0 aromatic carbocycles. The molecule has 21 nitrogen and oxygen atoms in total. The molecule has 5 N–H and O–H groups in total. The minimum Gasteiger partial charge on any atom is -0.475 e. The van der Waals surface area contributed by atoms with Crippen LogP contribution in [0.5, 0.6) is 0 Å². The van der Waals surface area contributed by atoms with Crippen molar-refractivity contribution in [1.29, 1.82) is 0 Å². The summed E-state index contributed by atoms with van der Waals surface area (Å²) in [5, 5.41) is 59.7. The van der Waals surface area contributed by atoms with Gasteiger partial charge in [0.2, 0.25) is 6.79 Å². The van der Waals surface area contributed by atoms with Crippen molar-refractivity contribution in [3.63, 3.8) is 0 Å². The number of ether oxygens (including phenoxy) is 11. The van der Waals surface area contributed by atoms with E-state index in [4.69, 9.17) is 66.8 Å². The summed E-state index contributed by atoms with van der Waals surface area (Å²) in [7, 11) is 8.52. The van der Waals surface area contributed by atoms with Crippen LogP contribution in [-0.4, -0.2) is 214 Å². The maximum atomic E-state index is 14.5. The number of carbonyl (C=O) groups is 2. The molecule has 3 aliphatic rings. The number of carboxylic acids is 1. The van der Waals surface area contributed by atoms with E-state index in [1.165, 1.54) is 14.0 Å². The van der Waals surface area contributed by atoms with E-state index < -0.39 is 114 Å². The zero-order valence-corrected chi connectivity index (χ0v) is 44.2. The second-order valence-electron chi connectivity index (χ2n) is 19.7. The number of aliphatic carboxylic acids is 1. The summed E-state index contributed by atoms with van der Waals surface area (Å²) in [5.74, 6) is -6.89. The van der Waals surface area contributed by atoms with Gasteiger partial charge >= 0.3 is 18.1 Å². The lowest BCUT2D eigenvalue weighted by atomic mass is 9.73. The quantitative estimate of drug-likeness (QED) is 0.0537. The normalized spacial score (nSPS) is 39.6. The largest absolute Gasteiger partial charge is 0.490 e. The summed E-state index contributed by atoms with van der Waals surface area (Å²) in [5.41, 5.74) is -4.50. The molecule has 418 valence electrons. The van der Waals surface area contributed by atoms with Gasteiger partial charge in [0.05, 0.1) is 79.8 Å². The number of carboxylic acid groups (broad SMARTS) is 1. The SMILES string of the molecule is CC[C@H]1OC(=O)[C@H](C)[C@@H](O[C@H]2C[C@@](C)(OC)[C@@H](O)[C@H](C)O2)[C@H](C)[C@@H](O[C@@H]2O[C@H](C)C[C@H](N(C)C)[C@H]2OCOCCOC)[C@](C)(O)C[C@@H](C)/C(=N\OCOCCOC)[C@H](C)[C@@H](O)[C@]1(C)O.O=C(O)C(F)(F)F. The Morgan fingerprint density at radius 1 is 0.845 bits per heavy atom. The van der Waals surface area contributed by atoms with Crippen molar-refractivity contribution in [2.45, 2.75) is 185 Å². The molecule has 0 amide bonds.